The second-order valence-electron chi connectivity index (χ2n) is 5.31. The smallest absolute Gasteiger partial charge is 0.193 e. The predicted molar refractivity (Wildman–Crippen MR) is 89.7 cm³/mol. The Kier molecular flexibility index (Phi) is 8.51. The van der Waals surface area contributed by atoms with E-state index in [1.54, 1.807) is 0 Å². The summed E-state index contributed by atoms with van der Waals surface area (Å²) in [7, 11) is 2.04. The summed E-state index contributed by atoms with van der Waals surface area (Å²) in [6, 6.07) is 10.0. The molecule has 1 aromatic rings. The number of unbranched alkanes of at least 4 members (excludes halogenated alkanes) is 1. The summed E-state index contributed by atoms with van der Waals surface area (Å²) < 4.78 is 0. The molecule has 4 heteroatoms. The molecule has 1 unspecified atom stereocenters. The van der Waals surface area contributed by atoms with Gasteiger partial charge < -0.3 is 15.3 Å². The summed E-state index contributed by atoms with van der Waals surface area (Å²) in [6.07, 6.45) is 2.51. The monoisotopic (exact) mass is 291 g/mol. The molecule has 1 atom stereocenters. The van der Waals surface area contributed by atoms with E-state index < -0.39 is 6.10 Å². The van der Waals surface area contributed by atoms with Crippen LogP contribution in [-0.4, -0.2) is 48.8 Å². The van der Waals surface area contributed by atoms with Crippen LogP contribution in [0, 0.1) is 0 Å². The Balaban J connectivity index is 2.52. The lowest BCUT2D eigenvalue weighted by Gasteiger charge is -2.22. The van der Waals surface area contributed by atoms with Crippen LogP contribution in [0.15, 0.2) is 35.3 Å². The Labute approximate surface area is 128 Å². The molecule has 0 radical (unpaired) electrons. The lowest BCUT2D eigenvalue weighted by molar-refractivity contribution is 0.183. The highest BCUT2D eigenvalue weighted by molar-refractivity contribution is 5.79. The second kappa shape index (κ2) is 10.2. The molecule has 0 saturated carbocycles. The van der Waals surface area contributed by atoms with Crippen LogP contribution in [0.2, 0.25) is 0 Å². The SMILES string of the molecule is CCCCN(C)C(=NCC(O)Cc1ccccc1)NCC. The Morgan fingerprint density at radius 3 is 2.62 bits per heavy atom. The van der Waals surface area contributed by atoms with Crippen LogP contribution >= 0.6 is 0 Å². The maximum atomic E-state index is 10.1. The zero-order valence-corrected chi connectivity index (χ0v) is 13.5. The van der Waals surface area contributed by atoms with Crippen molar-refractivity contribution in [2.24, 2.45) is 4.99 Å². The Morgan fingerprint density at radius 1 is 1.29 bits per heavy atom. The first-order chi connectivity index (χ1) is 10.2. The molecule has 21 heavy (non-hydrogen) atoms. The number of nitrogens with zero attached hydrogens (tertiary/aromatic N) is 2. The second-order valence-corrected chi connectivity index (χ2v) is 5.31. The summed E-state index contributed by atoms with van der Waals surface area (Å²) in [5.41, 5.74) is 1.14. The van der Waals surface area contributed by atoms with Crippen LogP contribution in [0.25, 0.3) is 0 Å². The first kappa shape index (κ1) is 17.5. The van der Waals surface area contributed by atoms with Gasteiger partial charge in [0.2, 0.25) is 0 Å². The van der Waals surface area contributed by atoms with E-state index in [0.717, 1.165) is 31.0 Å². The van der Waals surface area contributed by atoms with Crippen LogP contribution < -0.4 is 5.32 Å². The number of aliphatic hydroxyl groups excluding tert-OH is 1. The molecule has 0 spiro atoms. The van der Waals surface area contributed by atoms with E-state index in [4.69, 9.17) is 0 Å². The number of aliphatic hydroxyl groups is 1. The van der Waals surface area contributed by atoms with Crippen molar-refractivity contribution >= 4 is 5.96 Å². The predicted octanol–water partition coefficient (Wildman–Crippen LogP) is 2.29. The summed E-state index contributed by atoms with van der Waals surface area (Å²) in [5.74, 6) is 0.873. The quantitative estimate of drug-likeness (QED) is 0.571. The van der Waals surface area contributed by atoms with Gasteiger partial charge >= 0.3 is 0 Å². The fourth-order valence-corrected chi connectivity index (χ4v) is 2.11. The van der Waals surface area contributed by atoms with E-state index in [-0.39, 0.29) is 0 Å². The zero-order valence-electron chi connectivity index (χ0n) is 13.5. The summed E-state index contributed by atoms with van der Waals surface area (Å²) in [5, 5.41) is 13.4. The van der Waals surface area contributed by atoms with E-state index in [0.29, 0.717) is 13.0 Å². The Hall–Kier alpha value is -1.55. The van der Waals surface area contributed by atoms with Crippen molar-refractivity contribution in [2.45, 2.75) is 39.2 Å². The Bertz CT molecular complexity index is 406. The van der Waals surface area contributed by atoms with Crippen molar-refractivity contribution in [3.05, 3.63) is 35.9 Å². The fourth-order valence-electron chi connectivity index (χ4n) is 2.11. The molecule has 118 valence electrons. The van der Waals surface area contributed by atoms with Crippen molar-refractivity contribution < 1.29 is 5.11 Å². The molecule has 0 bridgehead atoms. The fraction of sp³-hybridized carbons (Fsp3) is 0.588. The number of nitrogens with one attached hydrogen (secondary N) is 1. The third kappa shape index (κ3) is 7.14. The molecule has 1 rings (SSSR count). The number of benzene rings is 1. The molecule has 2 N–H and O–H groups in total. The molecule has 1 aromatic carbocycles. The summed E-state index contributed by atoms with van der Waals surface area (Å²) >= 11 is 0. The van der Waals surface area contributed by atoms with E-state index in [2.05, 4.69) is 29.1 Å². The molecule has 0 aliphatic heterocycles. The van der Waals surface area contributed by atoms with Gasteiger partial charge in [0.1, 0.15) is 0 Å². The molecule has 0 fully saturated rings. The molecule has 0 aliphatic carbocycles. The lowest BCUT2D eigenvalue weighted by Crippen LogP contribution is -2.40. The number of hydrogen-bond acceptors (Lipinski definition) is 2. The Morgan fingerprint density at radius 2 is 2.00 bits per heavy atom. The van der Waals surface area contributed by atoms with Crippen molar-refractivity contribution in [1.82, 2.24) is 10.2 Å². The van der Waals surface area contributed by atoms with E-state index in [1.165, 1.54) is 6.42 Å². The van der Waals surface area contributed by atoms with Crippen molar-refractivity contribution in [2.75, 3.05) is 26.7 Å². The molecule has 0 heterocycles. The highest BCUT2D eigenvalue weighted by Crippen LogP contribution is 2.03. The average molecular weight is 291 g/mol. The zero-order chi connectivity index (χ0) is 15.5. The highest BCUT2D eigenvalue weighted by Gasteiger charge is 2.08. The van der Waals surface area contributed by atoms with E-state index >= 15 is 0 Å². The summed E-state index contributed by atoms with van der Waals surface area (Å²) in [6.45, 7) is 6.49. The van der Waals surface area contributed by atoms with E-state index in [9.17, 15) is 5.11 Å². The molecule has 0 saturated heterocycles. The van der Waals surface area contributed by atoms with Crippen LogP contribution in [0.3, 0.4) is 0 Å². The van der Waals surface area contributed by atoms with E-state index in [1.807, 2.05) is 37.4 Å². The van der Waals surface area contributed by atoms with Gasteiger partial charge in [0.05, 0.1) is 12.6 Å². The minimum absolute atomic E-state index is 0.424. The molecular weight excluding hydrogens is 262 g/mol. The minimum Gasteiger partial charge on any atom is -0.391 e. The lowest BCUT2D eigenvalue weighted by atomic mass is 10.1. The molecule has 4 nitrogen and oxygen atoms in total. The number of aliphatic imine (C=N–C) groups is 1. The molecule has 0 aliphatic rings. The van der Waals surface area contributed by atoms with Gasteiger partial charge in [-0.25, -0.2) is 0 Å². The van der Waals surface area contributed by atoms with Gasteiger partial charge in [0, 0.05) is 26.6 Å². The van der Waals surface area contributed by atoms with Gasteiger partial charge in [-0.05, 0) is 18.9 Å². The number of rotatable bonds is 8. The van der Waals surface area contributed by atoms with Crippen molar-refractivity contribution in [1.29, 1.82) is 0 Å². The normalized spacial score (nSPS) is 13.0. The average Bonchev–Trinajstić information content (AvgIpc) is 2.50. The van der Waals surface area contributed by atoms with Gasteiger partial charge in [0.15, 0.2) is 5.96 Å². The molecule has 0 aromatic heterocycles. The van der Waals surface area contributed by atoms with Crippen molar-refractivity contribution in [3.8, 4) is 0 Å². The molecule has 0 amide bonds. The standard InChI is InChI=1S/C17H29N3O/c1-4-6-12-20(3)17(18-5-2)19-14-16(21)13-15-10-8-7-9-11-15/h7-11,16,21H,4-6,12-14H2,1-3H3,(H,18,19). The van der Waals surface area contributed by atoms with Gasteiger partial charge in [-0.15, -0.1) is 0 Å². The third-order valence-corrected chi connectivity index (χ3v) is 3.31. The van der Waals surface area contributed by atoms with Crippen molar-refractivity contribution in [3.63, 3.8) is 0 Å². The first-order valence-electron chi connectivity index (χ1n) is 7.88. The number of guanidine groups is 1. The largest absolute Gasteiger partial charge is 0.391 e. The van der Waals surface area contributed by atoms with Crippen LogP contribution in [-0.2, 0) is 6.42 Å². The maximum Gasteiger partial charge on any atom is 0.193 e. The topological polar surface area (TPSA) is 47.9 Å². The highest BCUT2D eigenvalue weighted by atomic mass is 16.3. The van der Waals surface area contributed by atoms with Gasteiger partial charge in [-0.2, -0.15) is 0 Å². The molecular formula is C17H29N3O. The summed E-state index contributed by atoms with van der Waals surface area (Å²) in [4.78, 5) is 6.67. The minimum atomic E-state index is -0.444. The first-order valence-corrected chi connectivity index (χ1v) is 7.88. The van der Waals surface area contributed by atoms with Gasteiger partial charge in [0.25, 0.3) is 0 Å². The van der Waals surface area contributed by atoms with Crippen LogP contribution in [0.5, 0.6) is 0 Å². The van der Waals surface area contributed by atoms with Gasteiger partial charge in [-0.1, -0.05) is 43.7 Å². The van der Waals surface area contributed by atoms with Crippen LogP contribution in [0.4, 0.5) is 0 Å². The number of hydrogen-bond donors (Lipinski definition) is 2. The van der Waals surface area contributed by atoms with Gasteiger partial charge in [-0.3, -0.25) is 4.99 Å². The maximum absolute atomic E-state index is 10.1. The third-order valence-electron chi connectivity index (χ3n) is 3.31. The van der Waals surface area contributed by atoms with Crippen LogP contribution in [0.1, 0.15) is 32.3 Å².